The fraction of sp³-hybridized carbons (Fsp3) is 0.190. The first-order valence-electron chi connectivity index (χ1n) is 8.77. The maximum Gasteiger partial charge on any atom is 0.350 e. The summed E-state index contributed by atoms with van der Waals surface area (Å²) < 4.78 is 10.6. The Morgan fingerprint density at radius 3 is 2.68 bits per heavy atom. The zero-order valence-corrected chi connectivity index (χ0v) is 16.7. The normalized spacial score (nSPS) is 11.0. The summed E-state index contributed by atoms with van der Waals surface area (Å²) in [5.41, 5.74) is 5.19. The number of methoxy groups -OCH3 is 1. The van der Waals surface area contributed by atoms with E-state index in [2.05, 4.69) is 15.5 Å². The highest BCUT2D eigenvalue weighted by molar-refractivity contribution is 7.17. The minimum atomic E-state index is -0.424. The molecule has 1 aromatic heterocycles. The summed E-state index contributed by atoms with van der Waals surface area (Å²) in [6.07, 6.45) is 1.78. The number of thiazole rings is 1. The van der Waals surface area contributed by atoms with E-state index in [9.17, 15) is 4.79 Å². The molecule has 1 N–H and O–H groups in total. The van der Waals surface area contributed by atoms with Gasteiger partial charge in [0.05, 0.1) is 25.1 Å². The van der Waals surface area contributed by atoms with Gasteiger partial charge in [0.2, 0.25) is 5.13 Å². The smallest absolute Gasteiger partial charge is 0.350 e. The van der Waals surface area contributed by atoms with Crippen LogP contribution < -0.4 is 10.2 Å². The van der Waals surface area contributed by atoms with Gasteiger partial charge >= 0.3 is 5.97 Å². The van der Waals surface area contributed by atoms with Crippen LogP contribution in [-0.2, 0) is 4.74 Å². The molecule has 6 nitrogen and oxygen atoms in total. The first-order chi connectivity index (χ1) is 13.6. The number of hydrogen-bond acceptors (Lipinski definition) is 7. The molecular formula is C21H21N3O3S. The Bertz CT molecular complexity index is 968. The average Bonchev–Trinajstić information content (AvgIpc) is 3.12. The molecule has 0 aliphatic carbocycles. The van der Waals surface area contributed by atoms with Gasteiger partial charge in [-0.3, -0.25) is 5.43 Å². The maximum atomic E-state index is 12.1. The van der Waals surface area contributed by atoms with Crippen molar-refractivity contribution in [2.75, 3.05) is 12.5 Å². The van der Waals surface area contributed by atoms with Crippen molar-refractivity contribution in [1.82, 2.24) is 4.98 Å². The second-order valence-electron chi connectivity index (χ2n) is 6.16. The molecule has 0 aliphatic rings. The van der Waals surface area contributed by atoms with Gasteiger partial charge in [-0.25, -0.2) is 9.78 Å². The molecule has 28 heavy (non-hydrogen) atoms. The van der Waals surface area contributed by atoms with Gasteiger partial charge in [-0.05, 0) is 31.5 Å². The zero-order chi connectivity index (χ0) is 19.9. The lowest BCUT2D eigenvalue weighted by Crippen LogP contribution is -2.05. The Labute approximate surface area is 167 Å². The Balaban J connectivity index is 1.79. The highest BCUT2D eigenvalue weighted by Crippen LogP contribution is 2.31. The van der Waals surface area contributed by atoms with Gasteiger partial charge in [0, 0.05) is 5.56 Å². The van der Waals surface area contributed by atoms with E-state index in [1.165, 1.54) is 18.4 Å². The van der Waals surface area contributed by atoms with Gasteiger partial charge in [0.15, 0.2) is 0 Å². The van der Waals surface area contributed by atoms with Gasteiger partial charge < -0.3 is 9.47 Å². The Morgan fingerprint density at radius 2 is 1.96 bits per heavy atom. The van der Waals surface area contributed by atoms with E-state index in [1.807, 2.05) is 68.4 Å². The number of carbonyl (C=O) groups excluding carboxylic acids is 1. The van der Waals surface area contributed by atoms with Crippen molar-refractivity contribution in [3.05, 3.63) is 65.0 Å². The average molecular weight is 395 g/mol. The number of ether oxygens (including phenoxy) is 2. The number of hydrazone groups is 1. The van der Waals surface area contributed by atoms with Crippen LogP contribution in [0.2, 0.25) is 0 Å². The van der Waals surface area contributed by atoms with Crippen LogP contribution in [0.4, 0.5) is 5.13 Å². The molecular weight excluding hydrogens is 374 g/mol. The summed E-state index contributed by atoms with van der Waals surface area (Å²) >= 11 is 1.20. The van der Waals surface area contributed by atoms with Gasteiger partial charge in [-0.2, -0.15) is 5.10 Å². The molecule has 0 aliphatic heterocycles. The molecule has 0 fully saturated rings. The van der Waals surface area contributed by atoms with E-state index in [0.29, 0.717) is 15.7 Å². The van der Waals surface area contributed by atoms with Crippen LogP contribution in [0.1, 0.15) is 29.1 Å². The molecule has 0 atom stereocenters. The first kappa shape index (κ1) is 19.6. The number of rotatable bonds is 7. The van der Waals surface area contributed by atoms with Gasteiger partial charge in [0.1, 0.15) is 10.6 Å². The van der Waals surface area contributed by atoms with E-state index in [0.717, 1.165) is 16.9 Å². The summed E-state index contributed by atoms with van der Waals surface area (Å²) in [7, 11) is 1.36. The Hall–Kier alpha value is -3.19. The standard InChI is InChI=1S/C21H21N3O3S/c1-14(2)27-17-11-7-8-15(12-17)13-22-24-21-23-18(16-9-5-4-6-10-16)19(28-21)20(25)26-3/h4-14H,1-3H3,(H,23,24)/b22-13-. The molecule has 0 saturated carbocycles. The molecule has 144 valence electrons. The third-order valence-corrected chi connectivity index (χ3v) is 4.59. The monoisotopic (exact) mass is 395 g/mol. The fourth-order valence-electron chi connectivity index (χ4n) is 2.49. The van der Waals surface area contributed by atoms with E-state index >= 15 is 0 Å². The third kappa shape index (κ3) is 4.95. The van der Waals surface area contributed by atoms with E-state index in [4.69, 9.17) is 9.47 Å². The van der Waals surface area contributed by atoms with Crippen molar-refractivity contribution >= 4 is 28.7 Å². The number of nitrogens with one attached hydrogen (secondary N) is 1. The van der Waals surface area contributed by atoms with Crippen molar-refractivity contribution in [3.8, 4) is 17.0 Å². The van der Waals surface area contributed by atoms with Crippen LogP contribution in [0.25, 0.3) is 11.3 Å². The predicted octanol–water partition coefficient (Wildman–Crippen LogP) is 4.83. The van der Waals surface area contributed by atoms with Gasteiger partial charge in [0.25, 0.3) is 0 Å². The van der Waals surface area contributed by atoms with Crippen LogP contribution >= 0.6 is 11.3 Å². The molecule has 0 unspecified atom stereocenters. The van der Waals surface area contributed by atoms with Crippen molar-refractivity contribution in [3.63, 3.8) is 0 Å². The largest absolute Gasteiger partial charge is 0.491 e. The van der Waals surface area contributed by atoms with Gasteiger partial charge in [-0.1, -0.05) is 53.8 Å². The lowest BCUT2D eigenvalue weighted by Gasteiger charge is -2.09. The Morgan fingerprint density at radius 1 is 1.18 bits per heavy atom. The predicted molar refractivity (Wildman–Crippen MR) is 112 cm³/mol. The molecule has 2 aromatic carbocycles. The second-order valence-corrected chi connectivity index (χ2v) is 7.16. The molecule has 3 rings (SSSR count). The first-order valence-corrected chi connectivity index (χ1v) is 9.59. The molecule has 7 heteroatoms. The second kappa shape index (κ2) is 9.14. The summed E-state index contributed by atoms with van der Waals surface area (Å²) in [5, 5.41) is 4.74. The highest BCUT2D eigenvalue weighted by Gasteiger charge is 2.19. The van der Waals surface area contributed by atoms with Crippen molar-refractivity contribution in [2.24, 2.45) is 5.10 Å². The summed E-state index contributed by atoms with van der Waals surface area (Å²) in [5.74, 6) is 0.361. The molecule has 0 amide bonds. The number of anilines is 1. The summed E-state index contributed by atoms with van der Waals surface area (Å²) in [4.78, 5) is 17.0. The zero-order valence-electron chi connectivity index (χ0n) is 15.9. The fourth-order valence-corrected chi connectivity index (χ4v) is 3.35. The summed E-state index contributed by atoms with van der Waals surface area (Å²) in [6, 6.07) is 17.1. The molecule has 0 bridgehead atoms. The highest BCUT2D eigenvalue weighted by atomic mass is 32.1. The van der Waals surface area contributed by atoms with Crippen molar-refractivity contribution in [1.29, 1.82) is 0 Å². The van der Waals surface area contributed by atoms with Crippen LogP contribution in [0.5, 0.6) is 5.75 Å². The number of nitrogens with zero attached hydrogens (tertiary/aromatic N) is 2. The van der Waals surface area contributed by atoms with Crippen LogP contribution in [0, 0.1) is 0 Å². The van der Waals surface area contributed by atoms with Crippen LogP contribution in [-0.4, -0.2) is 30.4 Å². The lowest BCUT2D eigenvalue weighted by molar-refractivity contribution is 0.0607. The molecule has 0 radical (unpaired) electrons. The van der Waals surface area contributed by atoms with Crippen LogP contribution in [0.3, 0.4) is 0 Å². The molecule has 0 spiro atoms. The minimum Gasteiger partial charge on any atom is -0.491 e. The third-order valence-electron chi connectivity index (χ3n) is 3.65. The van der Waals surface area contributed by atoms with Gasteiger partial charge in [-0.15, -0.1) is 0 Å². The maximum absolute atomic E-state index is 12.1. The molecule has 0 saturated heterocycles. The minimum absolute atomic E-state index is 0.105. The van der Waals surface area contributed by atoms with Crippen molar-refractivity contribution in [2.45, 2.75) is 20.0 Å². The van der Waals surface area contributed by atoms with E-state index in [1.54, 1.807) is 6.21 Å². The number of aromatic nitrogens is 1. The molecule has 3 aromatic rings. The van der Waals surface area contributed by atoms with E-state index < -0.39 is 5.97 Å². The van der Waals surface area contributed by atoms with Crippen LogP contribution in [0.15, 0.2) is 59.7 Å². The lowest BCUT2D eigenvalue weighted by atomic mass is 10.1. The quantitative estimate of drug-likeness (QED) is 0.352. The SMILES string of the molecule is COC(=O)c1sc(N/N=C\c2cccc(OC(C)C)c2)nc1-c1ccccc1. The number of benzene rings is 2. The Kier molecular flexibility index (Phi) is 6.39. The number of hydrogen-bond donors (Lipinski definition) is 1. The summed E-state index contributed by atoms with van der Waals surface area (Å²) in [6.45, 7) is 3.96. The van der Waals surface area contributed by atoms with Crippen molar-refractivity contribution < 1.29 is 14.3 Å². The number of carbonyl (C=O) groups is 1. The van der Waals surface area contributed by atoms with E-state index in [-0.39, 0.29) is 6.10 Å². The topological polar surface area (TPSA) is 72.8 Å². The number of esters is 1. The molecule has 1 heterocycles.